The summed E-state index contributed by atoms with van der Waals surface area (Å²) in [5, 5.41) is 12.3. The van der Waals surface area contributed by atoms with Gasteiger partial charge in [-0.15, -0.1) is 0 Å². The molecular weight excluding hydrogens is 306 g/mol. The van der Waals surface area contributed by atoms with Gasteiger partial charge in [0.25, 0.3) is 0 Å². The number of carboxylic acid groups (broad SMARTS) is 1. The highest BCUT2D eigenvalue weighted by Gasteiger charge is 2.42. The van der Waals surface area contributed by atoms with E-state index in [9.17, 15) is 14.7 Å². The minimum Gasteiger partial charge on any atom is -0.481 e. The average molecular weight is 331 g/mol. The van der Waals surface area contributed by atoms with Crippen molar-refractivity contribution in [2.75, 3.05) is 36.4 Å². The lowest BCUT2D eigenvalue weighted by Gasteiger charge is -2.31. The van der Waals surface area contributed by atoms with Crippen molar-refractivity contribution >= 4 is 23.4 Å². The van der Waals surface area contributed by atoms with Crippen molar-refractivity contribution in [3.05, 3.63) is 24.3 Å². The Hall–Kier alpha value is -2.24. The van der Waals surface area contributed by atoms with E-state index in [1.165, 1.54) is 19.3 Å². The Balaban J connectivity index is 1.70. The molecule has 0 spiro atoms. The molecule has 6 nitrogen and oxygen atoms in total. The Bertz CT molecular complexity index is 628. The topological polar surface area (TPSA) is 72.9 Å². The van der Waals surface area contributed by atoms with Crippen LogP contribution >= 0.6 is 0 Å². The highest BCUT2D eigenvalue weighted by atomic mass is 16.4. The smallest absolute Gasteiger partial charge is 0.321 e. The van der Waals surface area contributed by atoms with Crippen molar-refractivity contribution in [3.63, 3.8) is 0 Å². The number of hydrogen-bond donors (Lipinski definition) is 2. The van der Waals surface area contributed by atoms with E-state index in [0.29, 0.717) is 13.0 Å². The normalized spacial score (nSPS) is 24.0. The first kappa shape index (κ1) is 16.6. The summed E-state index contributed by atoms with van der Waals surface area (Å²) in [6.45, 7) is 4.44. The first-order valence-corrected chi connectivity index (χ1v) is 8.63. The number of piperidine rings is 1. The molecule has 1 atom stereocenters. The van der Waals surface area contributed by atoms with Crippen LogP contribution in [-0.2, 0) is 4.79 Å². The number of likely N-dealkylation sites (tertiary alicyclic amines) is 1. The Labute approximate surface area is 142 Å². The Morgan fingerprint density at radius 3 is 2.50 bits per heavy atom. The molecule has 0 aliphatic carbocycles. The number of urea groups is 1. The predicted octanol–water partition coefficient (Wildman–Crippen LogP) is 3.01. The van der Waals surface area contributed by atoms with Crippen LogP contribution in [0.5, 0.6) is 0 Å². The van der Waals surface area contributed by atoms with Crippen LogP contribution in [0, 0.1) is 5.41 Å². The average Bonchev–Trinajstić information content (AvgIpc) is 3.00. The molecule has 2 amide bonds. The zero-order valence-electron chi connectivity index (χ0n) is 14.1. The van der Waals surface area contributed by atoms with E-state index >= 15 is 0 Å². The van der Waals surface area contributed by atoms with Crippen molar-refractivity contribution < 1.29 is 14.7 Å². The SMILES string of the molecule is CC1(C(=O)O)CCN(C(=O)Nc2ccccc2N2CCCCC2)C1. The molecule has 1 aromatic carbocycles. The van der Waals surface area contributed by atoms with Gasteiger partial charge in [0, 0.05) is 26.2 Å². The number of carbonyl (C=O) groups excluding carboxylic acids is 1. The number of anilines is 2. The van der Waals surface area contributed by atoms with Crippen LogP contribution in [0.4, 0.5) is 16.2 Å². The van der Waals surface area contributed by atoms with Crippen LogP contribution in [0.2, 0.25) is 0 Å². The van der Waals surface area contributed by atoms with Gasteiger partial charge in [-0.05, 0) is 44.7 Å². The van der Waals surface area contributed by atoms with Crippen LogP contribution in [0.3, 0.4) is 0 Å². The van der Waals surface area contributed by atoms with Crippen LogP contribution in [0.15, 0.2) is 24.3 Å². The molecule has 2 aliphatic heterocycles. The summed E-state index contributed by atoms with van der Waals surface area (Å²) < 4.78 is 0. The van der Waals surface area contributed by atoms with E-state index < -0.39 is 11.4 Å². The minimum absolute atomic E-state index is 0.218. The summed E-state index contributed by atoms with van der Waals surface area (Å²) in [6, 6.07) is 7.62. The number of carboxylic acids is 1. The molecule has 2 aliphatic rings. The second-order valence-corrected chi connectivity index (χ2v) is 7.03. The Kier molecular flexibility index (Phi) is 4.64. The fraction of sp³-hybridized carbons (Fsp3) is 0.556. The zero-order chi connectivity index (χ0) is 17.2. The molecule has 0 radical (unpaired) electrons. The van der Waals surface area contributed by atoms with Gasteiger partial charge in [0.15, 0.2) is 0 Å². The lowest BCUT2D eigenvalue weighted by Crippen LogP contribution is -2.37. The molecule has 6 heteroatoms. The van der Waals surface area contributed by atoms with Crippen molar-refractivity contribution in [2.45, 2.75) is 32.6 Å². The summed E-state index contributed by atoms with van der Waals surface area (Å²) in [5.41, 5.74) is 1.00. The number of carbonyl (C=O) groups is 2. The Morgan fingerprint density at radius 1 is 1.12 bits per heavy atom. The predicted molar refractivity (Wildman–Crippen MR) is 93.5 cm³/mol. The second kappa shape index (κ2) is 6.71. The molecule has 2 heterocycles. The molecule has 0 aromatic heterocycles. The van der Waals surface area contributed by atoms with Crippen LogP contribution in [-0.4, -0.2) is 48.2 Å². The summed E-state index contributed by atoms with van der Waals surface area (Å²) in [4.78, 5) is 27.8. The quantitative estimate of drug-likeness (QED) is 0.893. The third-order valence-electron chi connectivity index (χ3n) is 5.12. The highest BCUT2D eigenvalue weighted by Crippen LogP contribution is 2.32. The number of para-hydroxylation sites is 2. The first-order valence-electron chi connectivity index (χ1n) is 8.63. The van der Waals surface area contributed by atoms with Crippen LogP contribution < -0.4 is 10.2 Å². The summed E-state index contributed by atoms with van der Waals surface area (Å²) in [7, 11) is 0. The lowest BCUT2D eigenvalue weighted by molar-refractivity contribution is -0.146. The van der Waals surface area contributed by atoms with E-state index in [1.54, 1.807) is 11.8 Å². The van der Waals surface area contributed by atoms with Crippen molar-refractivity contribution in [3.8, 4) is 0 Å². The number of rotatable bonds is 3. The molecule has 1 unspecified atom stereocenters. The van der Waals surface area contributed by atoms with Crippen molar-refractivity contribution in [1.82, 2.24) is 4.90 Å². The number of amides is 2. The number of benzene rings is 1. The molecule has 130 valence electrons. The molecule has 24 heavy (non-hydrogen) atoms. The zero-order valence-corrected chi connectivity index (χ0v) is 14.1. The molecule has 0 saturated carbocycles. The third kappa shape index (κ3) is 3.32. The van der Waals surface area contributed by atoms with Gasteiger partial charge >= 0.3 is 12.0 Å². The summed E-state index contributed by atoms with van der Waals surface area (Å²) >= 11 is 0. The van der Waals surface area contributed by atoms with Gasteiger partial charge in [0.1, 0.15) is 0 Å². The van der Waals surface area contributed by atoms with Gasteiger partial charge < -0.3 is 20.2 Å². The number of aliphatic carboxylic acids is 1. The molecule has 0 bridgehead atoms. The number of hydrogen-bond acceptors (Lipinski definition) is 3. The molecular formula is C18H25N3O3. The van der Waals surface area contributed by atoms with Crippen LogP contribution in [0.1, 0.15) is 32.6 Å². The largest absolute Gasteiger partial charge is 0.481 e. The van der Waals surface area contributed by atoms with Gasteiger partial charge in [0.05, 0.1) is 16.8 Å². The molecule has 2 saturated heterocycles. The number of nitrogens with zero attached hydrogens (tertiary/aromatic N) is 2. The van der Waals surface area contributed by atoms with E-state index in [4.69, 9.17) is 0 Å². The van der Waals surface area contributed by atoms with Gasteiger partial charge in [0.2, 0.25) is 0 Å². The fourth-order valence-electron chi connectivity index (χ4n) is 3.49. The highest BCUT2D eigenvalue weighted by molar-refractivity contribution is 5.94. The van der Waals surface area contributed by atoms with E-state index in [-0.39, 0.29) is 12.6 Å². The molecule has 1 aromatic rings. The van der Waals surface area contributed by atoms with Crippen molar-refractivity contribution in [2.24, 2.45) is 5.41 Å². The van der Waals surface area contributed by atoms with Gasteiger partial charge in [-0.1, -0.05) is 12.1 Å². The first-order chi connectivity index (χ1) is 11.5. The summed E-state index contributed by atoms with van der Waals surface area (Å²) in [6.07, 6.45) is 4.09. The molecule has 3 rings (SSSR count). The van der Waals surface area contributed by atoms with Gasteiger partial charge in [-0.25, -0.2) is 4.79 Å². The third-order valence-corrected chi connectivity index (χ3v) is 5.12. The standard InChI is InChI=1S/C18H25N3O3/c1-18(16(22)23)9-12-21(13-18)17(24)19-14-7-3-4-8-15(14)20-10-5-2-6-11-20/h3-4,7-8H,2,5-6,9-13H2,1H3,(H,19,24)(H,22,23). The maximum absolute atomic E-state index is 12.6. The number of nitrogens with one attached hydrogen (secondary N) is 1. The van der Waals surface area contributed by atoms with Crippen molar-refractivity contribution in [1.29, 1.82) is 0 Å². The summed E-state index contributed by atoms with van der Waals surface area (Å²) in [5.74, 6) is -0.841. The monoisotopic (exact) mass is 331 g/mol. The fourth-order valence-corrected chi connectivity index (χ4v) is 3.49. The molecule has 2 N–H and O–H groups in total. The van der Waals surface area contributed by atoms with Crippen LogP contribution in [0.25, 0.3) is 0 Å². The van der Waals surface area contributed by atoms with E-state index in [1.807, 2.05) is 24.3 Å². The van der Waals surface area contributed by atoms with Gasteiger partial charge in [-0.3, -0.25) is 4.79 Å². The lowest BCUT2D eigenvalue weighted by atomic mass is 9.90. The van der Waals surface area contributed by atoms with E-state index in [0.717, 1.165) is 24.5 Å². The van der Waals surface area contributed by atoms with E-state index in [2.05, 4.69) is 10.2 Å². The molecule has 2 fully saturated rings. The minimum atomic E-state index is -0.844. The van der Waals surface area contributed by atoms with Gasteiger partial charge in [-0.2, -0.15) is 0 Å². The maximum Gasteiger partial charge on any atom is 0.321 e. The maximum atomic E-state index is 12.6. The Morgan fingerprint density at radius 2 is 1.83 bits per heavy atom. The second-order valence-electron chi connectivity index (χ2n) is 7.03.